The predicted molar refractivity (Wildman–Crippen MR) is 428 cm³/mol. The fourth-order valence-electron chi connectivity index (χ4n) is 15.5. The highest BCUT2D eigenvalue weighted by Gasteiger charge is 2.38. The molecule has 0 fully saturated rings. The number of aryl methyl sites for hydroxylation is 4. The highest BCUT2D eigenvalue weighted by atomic mass is 32.1. The van der Waals surface area contributed by atoms with E-state index in [1.807, 2.05) is 22.7 Å². The quantitative estimate of drug-likeness (QED) is 0.0956. The van der Waals surface area contributed by atoms with Gasteiger partial charge in [-0.1, -0.05) is 188 Å². The van der Waals surface area contributed by atoms with Crippen LogP contribution in [0.1, 0.15) is 40.0 Å². The standard InChI is InChI=1S/C94H70N4S2/c1-61-21-17-33-77(57-61)95(69-25-9-5-10-26-69)73-45-37-65(38-46-73)91-87-81-53-54-83-86-84(56-55-82(85(81)86)88(87)92(99-91)66-39-47-74(48-40-66)96(70-27-11-6-12-28-70)78-34-18-22-62(2)58-78)90-89(83)93(67-41-49-75(50-42-67)97(71-29-13-7-14-30-71)79-35-19-23-63(3)59-79)100-94(90)68-43-51-76(52-44-68)98(72-31-15-8-16-32-72)80-36-20-24-64(4)60-80/h5-43,45-51,53-60H,44,52H2,1-4H3. The van der Waals surface area contributed by atoms with Gasteiger partial charge in [-0.25, -0.2) is 0 Å². The lowest BCUT2D eigenvalue weighted by molar-refractivity contribution is 0.931. The van der Waals surface area contributed by atoms with Crippen molar-refractivity contribution in [3.05, 3.63) is 360 Å². The van der Waals surface area contributed by atoms with Crippen LogP contribution >= 0.6 is 22.7 Å². The Labute approximate surface area is 593 Å². The number of anilines is 11. The van der Waals surface area contributed by atoms with E-state index >= 15 is 0 Å². The van der Waals surface area contributed by atoms with Crippen LogP contribution in [0, 0.1) is 27.7 Å². The van der Waals surface area contributed by atoms with Crippen LogP contribution in [0.3, 0.4) is 0 Å². The van der Waals surface area contributed by atoms with Crippen LogP contribution in [0.4, 0.5) is 62.6 Å². The maximum Gasteiger partial charge on any atom is 0.0464 e. The molecule has 2 aromatic heterocycles. The maximum absolute atomic E-state index is 2.48. The summed E-state index contributed by atoms with van der Waals surface area (Å²) in [5.74, 6) is 0. The summed E-state index contributed by atoms with van der Waals surface area (Å²) in [6, 6.07) is 116. The smallest absolute Gasteiger partial charge is 0.0464 e. The number of thiophene rings is 2. The van der Waals surface area contributed by atoms with Crippen molar-refractivity contribution in [1.82, 2.24) is 0 Å². The number of rotatable bonds is 16. The number of benzene rings is 13. The summed E-state index contributed by atoms with van der Waals surface area (Å²) in [5.41, 5.74) is 34.1. The molecule has 15 aromatic rings. The zero-order valence-corrected chi connectivity index (χ0v) is 57.8. The molecule has 18 rings (SSSR count). The topological polar surface area (TPSA) is 13.0 Å². The summed E-state index contributed by atoms with van der Waals surface area (Å²) in [6.45, 7) is 8.70. The molecule has 3 aliphatic rings. The lowest BCUT2D eigenvalue weighted by Crippen LogP contribution is -2.17. The Kier molecular flexibility index (Phi) is 15.3. The molecular formula is C94H70N4S2. The second-order valence-corrected chi connectivity index (χ2v) is 28.7. The Balaban J connectivity index is 0.811. The average Bonchev–Trinajstić information content (AvgIpc) is 1.51. The molecular weight excluding hydrogens is 1250 g/mol. The van der Waals surface area contributed by atoms with Crippen LogP contribution in [0.15, 0.2) is 333 Å². The molecule has 0 N–H and O–H groups in total. The van der Waals surface area contributed by atoms with E-state index in [1.54, 1.807) is 0 Å². The van der Waals surface area contributed by atoms with Crippen molar-refractivity contribution in [1.29, 1.82) is 0 Å². The van der Waals surface area contributed by atoms with Gasteiger partial charge in [0, 0.05) is 110 Å². The molecule has 13 aromatic carbocycles. The van der Waals surface area contributed by atoms with Gasteiger partial charge in [-0.2, -0.15) is 0 Å². The summed E-state index contributed by atoms with van der Waals surface area (Å²) in [7, 11) is 0. The minimum absolute atomic E-state index is 0.894. The zero-order valence-electron chi connectivity index (χ0n) is 56.2. The van der Waals surface area contributed by atoms with Gasteiger partial charge in [0.25, 0.3) is 0 Å². The number of fused-ring (bicyclic) bond motifs is 6. The first kappa shape index (κ1) is 60.6. The molecule has 3 aliphatic carbocycles. The highest BCUT2D eigenvalue weighted by Crippen LogP contribution is 2.66. The largest absolute Gasteiger partial charge is 0.314 e. The SMILES string of the molecule is Cc1cccc(N(C2=CC=C(c3sc(-c4ccc(N(c5ccccc5)c5cccc(C)c5)cc4)c4c3-c3ccc5c6c(ccc-4c36)-c3c(-c4ccc(N(c6ccccc6)c6cccc(C)c6)cc4)sc(-c4ccc(N(c6ccccc6)c6cccc(C)c6)cc4)c3-5)CC2)c2ccccc2)c1. The number of para-hydroxylation sites is 4. The van der Waals surface area contributed by atoms with Crippen molar-refractivity contribution in [2.24, 2.45) is 0 Å². The first-order chi connectivity index (χ1) is 49.2. The molecule has 0 amide bonds. The summed E-state index contributed by atoms with van der Waals surface area (Å²) >= 11 is 3.89. The molecule has 0 aliphatic heterocycles. The fraction of sp³-hybridized carbons (Fsp3) is 0.0638. The van der Waals surface area contributed by atoms with Crippen molar-refractivity contribution < 1.29 is 0 Å². The molecule has 0 radical (unpaired) electrons. The lowest BCUT2D eigenvalue weighted by atomic mass is 9.93. The molecule has 4 nitrogen and oxygen atoms in total. The first-order valence-corrected chi connectivity index (χ1v) is 36.2. The zero-order chi connectivity index (χ0) is 67.0. The third-order valence-corrected chi connectivity index (χ3v) is 22.6. The number of nitrogens with zero attached hydrogens (tertiary/aromatic N) is 4. The van der Waals surface area contributed by atoms with E-state index in [0.717, 1.165) is 64.0 Å². The molecule has 0 saturated heterocycles. The minimum Gasteiger partial charge on any atom is -0.314 e. The molecule has 0 unspecified atom stereocenters. The Bertz CT molecular complexity index is 5530. The molecule has 478 valence electrons. The number of allylic oxidation sites excluding steroid dienone is 4. The van der Waals surface area contributed by atoms with Gasteiger partial charge in [0.15, 0.2) is 0 Å². The third kappa shape index (κ3) is 10.7. The normalized spacial score (nSPS) is 12.4. The van der Waals surface area contributed by atoms with E-state index in [-0.39, 0.29) is 0 Å². The summed E-state index contributed by atoms with van der Waals surface area (Å²) in [5, 5.41) is 2.69. The average molecular weight is 1320 g/mol. The van der Waals surface area contributed by atoms with E-state index in [9.17, 15) is 0 Å². The lowest BCUT2D eigenvalue weighted by Gasteiger charge is -2.30. The van der Waals surface area contributed by atoms with Gasteiger partial charge in [0.1, 0.15) is 0 Å². The van der Waals surface area contributed by atoms with Crippen molar-refractivity contribution >= 4 is 102 Å². The van der Waals surface area contributed by atoms with E-state index in [2.05, 4.69) is 375 Å². The molecule has 0 spiro atoms. The summed E-state index contributed by atoms with van der Waals surface area (Å²) in [4.78, 5) is 14.8. The van der Waals surface area contributed by atoms with Gasteiger partial charge in [-0.15, -0.1) is 22.7 Å². The second kappa shape index (κ2) is 25.2. The van der Waals surface area contributed by atoms with Crippen molar-refractivity contribution in [3.8, 4) is 75.8 Å². The van der Waals surface area contributed by atoms with Crippen LogP contribution in [0.2, 0.25) is 0 Å². The minimum atomic E-state index is 0.894. The Morgan fingerprint density at radius 2 is 0.500 bits per heavy atom. The maximum atomic E-state index is 2.48. The molecule has 2 heterocycles. The van der Waals surface area contributed by atoms with Gasteiger partial charge >= 0.3 is 0 Å². The van der Waals surface area contributed by atoms with Crippen LogP contribution in [0.25, 0.3) is 92.2 Å². The van der Waals surface area contributed by atoms with Gasteiger partial charge in [0.2, 0.25) is 0 Å². The predicted octanol–water partition coefficient (Wildman–Crippen LogP) is 27.8. The summed E-state index contributed by atoms with van der Waals surface area (Å²) < 4.78 is 0. The van der Waals surface area contributed by atoms with Gasteiger partial charge in [-0.3, -0.25) is 0 Å². The monoisotopic (exact) mass is 1320 g/mol. The van der Waals surface area contributed by atoms with Crippen LogP contribution < -0.4 is 19.6 Å². The third-order valence-electron chi connectivity index (χ3n) is 20.0. The Morgan fingerprint density at radius 1 is 0.230 bits per heavy atom. The van der Waals surface area contributed by atoms with E-state index in [4.69, 9.17) is 0 Å². The van der Waals surface area contributed by atoms with E-state index < -0.39 is 0 Å². The van der Waals surface area contributed by atoms with Crippen LogP contribution in [0.5, 0.6) is 0 Å². The van der Waals surface area contributed by atoms with Crippen LogP contribution in [-0.4, -0.2) is 0 Å². The Morgan fingerprint density at radius 3 is 0.800 bits per heavy atom. The van der Waals surface area contributed by atoms with Crippen LogP contribution in [-0.2, 0) is 0 Å². The highest BCUT2D eigenvalue weighted by molar-refractivity contribution is 7.20. The second-order valence-electron chi connectivity index (χ2n) is 26.6. The molecule has 0 saturated carbocycles. The van der Waals surface area contributed by atoms with Crippen molar-refractivity contribution in [2.75, 3.05) is 19.6 Å². The van der Waals surface area contributed by atoms with Gasteiger partial charge < -0.3 is 19.6 Å². The molecule has 0 bridgehead atoms. The van der Waals surface area contributed by atoms with Crippen molar-refractivity contribution in [2.45, 2.75) is 40.5 Å². The number of hydrogen-bond donors (Lipinski definition) is 0. The first-order valence-electron chi connectivity index (χ1n) is 34.6. The van der Waals surface area contributed by atoms with E-state index in [1.165, 1.54) is 136 Å². The van der Waals surface area contributed by atoms with Crippen molar-refractivity contribution in [3.63, 3.8) is 0 Å². The molecule has 6 heteroatoms. The fourth-order valence-corrected chi connectivity index (χ4v) is 18.3. The summed E-state index contributed by atoms with van der Waals surface area (Å²) in [6.07, 6.45) is 6.63. The van der Waals surface area contributed by atoms with Gasteiger partial charge in [0.05, 0.1) is 0 Å². The van der Waals surface area contributed by atoms with Gasteiger partial charge in [-0.05, 0) is 258 Å². The number of hydrogen-bond acceptors (Lipinski definition) is 6. The van der Waals surface area contributed by atoms with E-state index in [0.29, 0.717) is 0 Å². The molecule has 100 heavy (non-hydrogen) atoms. The Hall–Kier alpha value is -11.8. The molecule has 0 atom stereocenters.